The van der Waals surface area contributed by atoms with Crippen molar-refractivity contribution in [2.24, 2.45) is 5.73 Å². The maximum Gasteiger partial charge on any atom is 0.322 e. The molecule has 0 bridgehead atoms. The van der Waals surface area contributed by atoms with Crippen LogP contribution in [0.5, 0.6) is 0 Å². The minimum Gasteiger partial charge on any atom is -0.480 e. The van der Waals surface area contributed by atoms with Gasteiger partial charge in [0, 0.05) is 6.54 Å². The number of rotatable bonds is 7. The minimum atomic E-state index is -3.90. The van der Waals surface area contributed by atoms with Gasteiger partial charge in [0.15, 0.2) is 0 Å². The Hall–Kier alpha value is -2.22. The van der Waals surface area contributed by atoms with Gasteiger partial charge in [0.2, 0.25) is 10.0 Å². The van der Waals surface area contributed by atoms with E-state index in [1.54, 1.807) is 36.4 Å². The molecule has 0 saturated heterocycles. The molecule has 0 aliphatic rings. The lowest BCUT2D eigenvalue weighted by atomic mass is 10.0. The van der Waals surface area contributed by atoms with Crippen molar-refractivity contribution in [2.75, 3.05) is 0 Å². The Morgan fingerprint density at radius 1 is 1.09 bits per heavy atom. The van der Waals surface area contributed by atoms with E-state index in [1.165, 1.54) is 12.1 Å². The van der Waals surface area contributed by atoms with Gasteiger partial charge in [-0.15, -0.1) is 0 Å². The molecule has 0 aliphatic carbocycles. The third kappa shape index (κ3) is 4.62. The van der Waals surface area contributed by atoms with Crippen LogP contribution in [-0.2, 0) is 27.8 Å². The van der Waals surface area contributed by atoms with E-state index in [2.05, 4.69) is 4.72 Å². The summed E-state index contributed by atoms with van der Waals surface area (Å²) in [5.74, 6) is -1.23. The van der Waals surface area contributed by atoms with Crippen molar-refractivity contribution in [2.45, 2.75) is 23.9 Å². The largest absolute Gasteiger partial charge is 0.480 e. The zero-order valence-corrected chi connectivity index (χ0v) is 13.2. The van der Waals surface area contributed by atoms with Crippen LogP contribution in [0.4, 0.5) is 0 Å². The maximum atomic E-state index is 12.3. The van der Waals surface area contributed by atoms with E-state index in [1.807, 2.05) is 6.07 Å². The Morgan fingerprint density at radius 3 is 2.35 bits per heavy atom. The molecule has 0 heterocycles. The van der Waals surface area contributed by atoms with Gasteiger partial charge in [0.1, 0.15) is 6.04 Å². The maximum absolute atomic E-state index is 12.3. The van der Waals surface area contributed by atoms with Gasteiger partial charge in [-0.25, -0.2) is 8.42 Å². The van der Waals surface area contributed by atoms with Gasteiger partial charge in [-0.05, 0) is 29.7 Å². The molecule has 0 unspecified atom stereocenters. The summed E-state index contributed by atoms with van der Waals surface area (Å²) in [6.07, 6.45) is 0.0369. The van der Waals surface area contributed by atoms with E-state index in [9.17, 15) is 18.3 Å². The Balaban J connectivity index is 2.21. The molecule has 2 rings (SSSR count). The number of carboxylic acid groups (broad SMARTS) is 1. The average Bonchev–Trinajstić information content (AvgIpc) is 2.55. The van der Waals surface area contributed by atoms with Gasteiger partial charge >= 0.3 is 5.97 Å². The second-order valence-electron chi connectivity index (χ2n) is 5.05. The van der Waals surface area contributed by atoms with Crippen LogP contribution < -0.4 is 10.5 Å². The first-order valence-electron chi connectivity index (χ1n) is 7.00. The second kappa shape index (κ2) is 7.36. The standard InChI is InChI=1S/C16H18N2O4S/c17-11-13-6-4-5-12(9-13)10-15(16(19)20)18-23(21,22)14-7-2-1-3-8-14/h1-9,15,18H,10-11,17H2,(H,19,20)/t15-/m0/s1. The van der Waals surface area contributed by atoms with E-state index in [4.69, 9.17) is 5.73 Å². The highest BCUT2D eigenvalue weighted by molar-refractivity contribution is 7.89. The molecule has 0 radical (unpaired) electrons. The van der Waals surface area contributed by atoms with Gasteiger partial charge in [0.05, 0.1) is 4.90 Å². The van der Waals surface area contributed by atoms with Crippen LogP contribution in [0, 0.1) is 0 Å². The lowest BCUT2D eigenvalue weighted by Crippen LogP contribution is -2.42. The number of nitrogens with two attached hydrogens (primary N) is 1. The summed E-state index contributed by atoms with van der Waals surface area (Å²) in [6.45, 7) is 0.335. The zero-order valence-electron chi connectivity index (χ0n) is 12.3. The number of carbonyl (C=O) groups is 1. The number of benzene rings is 2. The van der Waals surface area contributed by atoms with Gasteiger partial charge < -0.3 is 10.8 Å². The van der Waals surface area contributed by atoms with Crippen LogP contribution in [-0.4, -0.2) is 25.5 Å². The van der Waals surface area contributed by atoms with Crippen LogP contribution in [0.25, 0.3) is 0 Å². The number of hydrogen-bond donors (Lipinski definition) is 3. The van der Waals surface area contributed by atoms with Crippen molar-refractivity contribution in [3.8, 4) is 0 Å². The SMILES string of the molecule is NCc1cccc(C[C@H](NS(=O)(=O)c2ccccc2)C(=O)O)c1. The fraction of sp³-hybridized carbons (Fsp3) is 0.188. The molecule has 6 nitrogen and oxygen atoms in total. The van der Waals surface area contributed by atoms with Crippen molar-refractivity contribution in [1.29, 1.82) is 0 Å². The first-order chi connectivity index (χ1) is 10.9. The zero-order chi connectivity index (χ0) is 16.9. The highest BCUT2D eigenvalue weighted by Gasteiger charge is 2.25. The summed E-state index contributed by atoms with van der Waals surface area (Å²) < 4.78 is 26.8. The Kier molecular flexibility index (Phi) is 5.49. The number of hydrogen-bond acceptors (Lipinski definition) is 4. The van der Waals surface area contributed by atoms with E-state index < -0.39 is 22.0 Å². The molecule has 0 saturated carbocycles. The second-order valence-corrected chi connectivity index (χ2v) is 6.77. The molecule has 122 valence electrons. The first kappa shape index (κ1) is 17.1. The first-order valence-corrected chi connectivity index (χ1v) is 8.49. The summed E-state index contributed by atoms with van der Waals surface area (Å²) in [7, 11) is -3.90. The average molecular weight is 334 g/mol. The number of carboxylic acids is 1. The van der Waals surface area contributed by atoms with E-state index >= 15 is 0 Å². The summed E-state index contributed by atoms with van der Waals surface area (Å²) in [5, 5.41) is 9.32. The normalized spacial score (nSPS) is 12.7. The summed E-state index contributed by atoms with van der Waals surface area (Å²) in [6, 6.07) is 13.5. The van der Waals surface area contributed by atoms with Crippen LogP contribution in [0.3, 0.4) is 0 Å². The highest BCUT2D eigenvalue weighted by Crippen LogP contribution is 2.12. The monoisotopic (exact) mass is 334 g/mol. The quantitative estimate of drug-likeness (QED) is 0.703. The molecule has 2 aromatic carbocycles. The molecule has 0 spiro atoms. The third-order valence-corrected chi connectivity index (χ3v) is 4.80. The molecule has 23 heavy (non-hydrogen) atoms. The van der Waals surface area contributed by atoms with Crippen LogP contribution in [0.2, 0.25) is 0 Å². The van der Waals surface area contributed by atoms with E-state index in [0.29, 0.717) is 12.1 Å². The summed E-state index contributed by atoms with van der Waals surface area (Å²) >= 11 is 0. The number of sulfonamides is 1. The van der Waals surface area contributed by atoms with Gasteiger partial charge in [-0.3, -0.25) is 4.79 Å². The molecule has 1 atom stereocenters. The van der Waals surface area contributed by atoms with Crippen molar-refractivity contribution in [1.82, 2.24) is 4.72 Å². The van der Waals surface area contributed by atoms with E-state index in [0.717, 1.165) is 5.56 Å². The topological polar surface area (TPSA) is 109 Å². The minimum absolute atomic E-state index is 0.0296. The molecule has 0 fully saturated rings. The lowest BCUT2D eigenvalue weighted by molar-refractivity contribution is -0.138. The van der Waals surface area contributed by atoms with E-state index in [-0.39, 0.29) is 11.3 Å². The Morgan fingerprint density at radius 2 is 1.74 bits per heavy atom. The smallest absolute Gasteiger partial charge is 0.322 e. The van der Waals surface area contributed by atoms with Crippen LogP contribution in [0.1, 0.15) is 11.1 Å². The molecule has 4 N–H and O–H groups in total. The summed E-state index contributed by atoms with van der Waals surface area (Å²) in [5.41, 5.74) is 7.12. The summed E-state index contributed by atoms with van der Waals surface area (Å²) in [4.78, 5) is 11.4. The predicted molar refractivity (Wildman–Crippen MR) is 86.2 cm³/mol. The van der Waals surface area contributed by atoms with Crippen LogP contribution in [0.15, 0.2) is 59.5 Å². The molecule has 2 aromatic rings. The van der Waals surface area contributed by atoms with Gasteiger partial charge in [-0.1, -0.05) is 42.5 Å². The lowest BCUT2D eigenvalue weighted by Gasteiger charge is -2.15. The van der Waals surface area contributed by atoms with Gasteiger partial charge in [0.25, 0.3) is 0 Å². The highest BCUT2D eigenvalue weighted by atomic mass is 32.2. The van der Waals surface area contributed by atoms with Crippen molar-refractivity contribution in [3.63, 3.8) is 0 Å². The third-order valence-electron chi connectivity index (χ3n) is 3.32. The molecule has 7 heteroatoms. The molecule has 0 amide bonds. The Labute approximate surface area is 135 Å². The fourth-order valence-corrected chi connectivity index (χ4v) is 3.36. The Bertz CT molecular complexity index is 776. The molecular weight excluding hydrogens is 316 g/mol. The molecular formula is C16H18N2O4S. The predicted octanol–water partition coefficient (Wildman–Crippen LogP) is 1.12. The van der Waals surface area contributed by atoms with Crippen LogP contribution >= 0.6 is 0 Å². The fourth-order valence-electron chi connectivity index (χ4n) is 2.15. The van der Waals surface area contributed by atoms with Crippen molar-refractivity contribution < 1.29 is 18.3 Å². The number of aliphatic carboxylic acids is 1. The van der Waals surface area contributed by atoms with Crippen molar-refractivity contribution in [3.05, 3.63) is 65.7 Å². The number of nitrogens with one attached hydrogen (secondary N) is 1. The van der Waals surface area contributed by atoms with Crippen molar-refractivity contribution >= 4 is 16.0 Å². The van der Waals surface area contributed by atoms with Gasteiger partial charge in [-0.2, -0.15) is 4.72 Å². The molecule has 0 aromatic heterocycles. The molecule has 0 aliphatic heterocycles.